The molecule has 0 unspecified atom stereocenters. The third kappa shape index (κ3) is 4.06. The number of methoxy groups -OCH3 is 2. The number of para-hydroxylation sites is 1. The third-order valence-corrected chi connectivity index (χ3v) is 5.25. The lowest BCUT2D eigenvalue weighted by molar-refractivity contribution is -0.136. The summed E-state index contributed by atoms with van der Waals surface area (Å²) < 4.78 is 10.4. The van der Waals surface area contributed by atoms with Gasteiger partial charge in [-0.3, -0.25) is 15.6 Å². The van der Waals surface area contributed by atoms with Gasteiger partial charge in [-0.25, -0.2) is 4.98 Å². The van der Waals surface area contributed by atoms with Crippen molar-refractivity contribution in [2.24, 2.45) is 0 Å². The molecule has 0 radical (unpaired) electrons. The van der Waals surface area contributed by atoms with E-state index in [1.165, 1.54) is 0 Å². The Balaban J connectivity index is 1.64. The van der Waals surface area contributed by atoms with Crippen LogP contribution in [0.25, 0.3) is 10.9 Å². The second-order valence-corrected chi connectivity index (χ2v) is 7.14. The van der Waals surface area contributed by atoms with Crippen molar-refractivity contribution >= 4 is 22.6 Å². The molecule has 3 N–H and O–H groups in total. The highest BCUT2D eigenvalue weighted by Gasteiger charge is 2.40. The lowest BCUT2D eigenvalue weighted by atomic mass is 9.85. The van der Waals surface area contributed by atoms with E-state index in [1.54, 1.807) is 68.8 Å². The van der Waals surface area contributed by atoms with Gasteiger partial charge in [-0.2, -0.15) is 0 Å². The molecule has 3 aromatic carbocycles. The zero-order valence-corrected chi connectivity index (χ0v) is 17.7. The molecule has 0 saturated carbocycles. The summed E-state index contributed by atoms with van der Waals surface area (Å²) in [7, 11) is 3.11. The Kier molecular flexibility index (Phi) is 5.91. The number of hydrogen-bond acceptors (Lipinski definition) is 6. The quantitative estimate of drug-likeness (QED) is 0.389. The summed E-state index contributed by atoms with van der Waals surface area (Å²) in [5.41, 5.74) is 4.98. The molecule has 32 heavy (non-hydrogen) atoms. The molecule has 7 heteroatoms. The molecule has 0 aliphatic carbocycles. The summed E-state index contributed by atoms with van der Waals surface area (Å²) in [6, 6.07) is 24.7. The van der Waals surface area contributed by atoms with Gasteiger partial charge in [-0.05, 0) is 53.6 Å². The summed E-state index contributed by atoms with van der Waals surface area (Å²) in [4.78, 5) is 17.8. The number of nitrogens with one attached hydrogen (secondary N) is 2. The minimum Gasteiger partial charge on any atom is -0.497 e. The van der Waals surface area contributed by atoms with Gasteiger partial charge in [0.2, 0.25) is 0 Å². The first kappa shape index (κ1) is 21.1. The van der Waals surface area contributed by atoms with E-state index in [2.05, 4.69) is 15.8 Å². The highest BCUT2D eigenvalue weighted by Crippen LogP contribution is 2.32. The summed E-state index contributed by atoms with van der Waals surface area (Å²) in [5, 5.41) is 12.6. The molecule has 0 atom stereocenters. The van der Waals surface area contributed by atoms with Gasteiger partial charge in [-0.15, -0.1) is 0 Å². The van der Waals surface area contributed by atoms with Crippen molar-refractivity contribution in [3.05, 3.63) is 96.1 Å². The van der Waals surface area contributed by atoms with Crippen molar-refractivity contribution in [1.82, 2.24) is 10.4 Å². The van der Waals surface area contributed by atoms with Gasteiger partial charge in [-0.1, -0.05) is 42.5 Å². The van der Waals surface area contributed by atoms with E-state index in [0.717, 1.165) is 10.9 Å². The van der Waals surface area contributed by atoms with Crippen LogP contribution in [0.15, 0.2) is 84.9 Å². The second kappa shape index (κ2) is 8.95. The van der Waals surface area contributed by atoms with E-state index in [1.807, 2.05) is 30.3 Å². The molecule has 0 saturated heterocycles. The van der Waals surface area contributed by atoms with Crippen LogP contribution in [0.3, 0.4) is 0 Å². The Morgan fingerprint density at radius 3 is 1.94 bits per heavy atom. The number of rotatable bonds is 7. The van der Waals surface area contributed by atoms with Crippen LogP contribution < -0.4 is 20.3 Å². The van der Waals surface area contributed by atoms with Crippen molar-refractivity contribution in [1.29, 1.82) is 0 Å². The maximum absolute atomic E-state index is 13.3. The average molecular weight is 429 g/mol. The summed E-state index contributed by atoms with van der Waals surface area (Å²) in [6.45, 7) is 0. The van der Waals surface area contributed by atoms with Crippen LogP contribution in [0.4, 0.5) is 5.82 Å². The minimum atomic E-state index is -1.97. The fourth-order valence-electron chi connectivity index (χ4n) is 3.44. The molecule has 1 heterocycles. The van der Waals surface area contributed by atoms with E-state index >= 15 is 0 Å². The van der Waals surface area contributed by atoms with E-state index in [9.17, 15) is 9.90 Å². The number of nitrogens with zero attached hydrogens (tertiary/aromatic N) is 1. The van der Waals surface area contributed by atoms with Crippen LogP contribution in [0, 0.1) is 0 Å². The van der Waals surface area contributed by atoms with Crippen LogP contribution in [-0.4, -0.2) is 30.2 Å². The van der Waals surface area contributed by atoms with Crippen molar-refractivity contribution in [3.8, 4) is 11.5 Å². The Hall–Kier alpha value is -4.10. The molecule has 4 aromatic rings. The molecule has 0 fully saturated rings. The Morgan fingerprint density at radius 2 is 1.38 bits per heavy atom. The maximum atomic E-state index is 13.3. The molecular weight excluding hydrogens is 406 g/mol. The van der Waals surface area contributed by atoms with Crippen LogP contribution in [0.2, 0.25) is 0 Å². The fourth-order valence-corrected chi connectivity index (χ4v) is 3.44. The van der Waals surface area contributed by atoms with Gasteiger partial charge in [0.1, 0.15) is 17.3 Å². The predicted molar refractivity (Wildman–Crippen MR) is 122 cm³/mol. The molecule has 4 rings (SSSR count). The summed E-state index contributed by atoms with van der Waals surface area (Å²) in [6.07, 6.45) is 0. The number of benzene rings is 3. The SMILES string of the molecule is COc1ccc(C(O)(C(=O)NNc2ccc3ccccc3n2)c2ccc(OC)cc2)cc1. The highest BCUT2D eigenvalue weighted by atomic mass is 16.5. The fraction of sp³-hybridized carbons (Fsp3) is 0.120. The number of aliphatic hydroxyl groups is 1. The number of fused-ring (bicyclic) bond motifs is 1. The average Bonchev–Trinajstić information content (AvgIpc) is 2.86. The van der Waals surface area contributed by atoms with Gasteiger partial charge in [0, 0.05) is 5.39 Å². The Labute approximate surface area is 185 Å². The smallest absolute Gasteiger partial charge is 0.279 e. The Morgan fingerprint density at radius 1 is 0.812 bits per heavy atom. The van der Waals surface area contributed by atoms with Crippen molar-refractivity contribution in [2.45, 2.75) is 5.60 Å². The number of pyridine rings is 1. The zero-order chi connectivity index (χ0) is 22.6. The van der Waals surface area contributed by atoms with Crippen molar-refractivity contribution < 1.29 is 19.4 Å². The first-order valence-electron chi connectivity index (χ1n) is 9.98. The first-order valence-corrected chi connectivity index (χ1v) is 9.98. The van der Waals surface area contributed by atoms with Crippen molar-refractivity contribution in [3.63, 3.8) is 0 Å². The normalized spacial score (nSPS) is 11.1. The number of amides is 1. The predicted octanol–water partition coefficient (Wildman–Crippen LogP) is 3.63. The number of hydrazine groups is 1. The van der Waals surface area contributed by atoms with Crippen LogP contribution >= 0.6 is 0 Å². The van der Waals surface area contributed by atoms with Crippen LogP contribution in [-0.2, 0) is 10.4 Å². The lowest BCUT2D eigenvalue weighted by Crippen LogP contribution is -2.47. The monoisotopic (exact) mass is 429 g/mol. The molecular formula is C25H23N3O4. The topological polar surface area (TPSA) is 92.7 Å². The standard InChI is InChI=1S/C25H23N3O4/c1-31-20-12-8-18(9-13-20)25(30,19-10-14-21(32-2)15-11-19)24(29)28-27-23-16-7-17-5-3-4-6-22(17)26-23/h3-16,30H,1-2H3,(H,26,27)(H,28,29). The van der Waals surface area contributed by atoms with Gasteiger partial charge < -0.3 is 14.6 Å². The molecule has 7 nitrogen and oxygen atoms in total. The summed E-state index contributed by atoms with van der Waals surface area (Å²) in [5.74, 6) is 1.01. The summed E-state index contributed by atoms with van der Waals surface area (Å²) >= 11 is 0. The number of aromatic nitrogens is 1. The molecule has 1 amide bonds. The largest absolute Gasteiger partial charge is 0.497 e. The molecule has 0 spiro atoms. The minimum absolute atomic E-state index is 0.384. The van der Waals surface area contributed by atoms with Gasteiger partial charge in [0.05, 0.1) is 19.7 Å². The number of ether oxygens (including phenoxy) is 2. The van der Waals surface area contributed by atoms with Crippen LogP contribution in [0.1, 0.15) is 11.1 Å². The number of carbonyl (C=O) groups excluding carboxylic acids is 1. The van der Waals surface area contributed by atoms with E-state index < -0.39 is 11.5 Å². The molecule has 0 aliphatic rings. The van der Waals surface area contributed by atoms with Gasteiger partial charge in [0.15, 0.2) is 5.60 Å². The maximum Gasteiger partial charge on any atom is 0.279 e. The molecule has 0 bridgehead atoms. The molecule has 0 aliphatic heterocycles. The van der Waals surface area contributed by atoms with E-state index in [0.29, 0.717) is 28.4 Å². The molecule has 162 valence electrons. The zero-order valence-electron chi connectivity index (χ0n) is 17.7. The Bertz CT molecular complexity index is 1180. The number of hydrogen-bond donors (Lipinski definition) is 3. The van der Waals surface area contributed by atoms with Crippen LogP contribution in [0.5, 0.6) is 11.5 Å². The van der Waals surface area contributed by atoms with Gasteiger partial charge >= 0.3 is 0 Å². The van der Waals surface area contributed by atoms with Gasteiger partial charge in [0.25, 0.3) is 5.91 Å². The lowest BCUT2D eigenvalue weighted by Gasteiger charge is -2.28. The number of anilines is 1. The first-order chi connectivity index (χ1) is 15.5. The van der Waals surface area contributed by atoms with E-state index in [4.69, 9.17) is 9.47 Å². The molecule has 1 aromatic heterocycles. The van der Waals surface area contributed by atoms with E-state index in [-0.39, 0.29) is 0 Å². The van der Waals surface area contributed by atoms with Crippen molar-refractivity contribution in [2.75, 3.05) is 19.6 Å². The highest BCUT2D eigenvalue weighted by molar-refractivity contribution is 5.91. The second-order valence-electron chi connectivity index (χ2n) is 7.14. The third-order valence-electron chi connectivity index (χ3n) is 5.25. The number of carbonyl (C=O) groups is 1.